The van der Waals surface area contributed by atoms with E-state index in [4.69, 9.17) is 4.74 Å². The summed E-state index contributed by atoms with van der Waals surface area (Å²) in [5.74, 6) is 2.69. The first-order chi connectivity index (χ1) is 8.26. The van der Waals surface area contributed by atoms with E-state index in [1.165, 1.54) is 6.42 Å². The van der Waals surface area contributed by atoms with E-state index in [1.54, 1.807) is 7.11 Å². The van der Waals surface area contributed by atoms with Crippen molar-refractivity contribution in [3.8, 4) is 5.75 Å². The number of rotatable bonds is 3. The molecule has 17 heavy (non-hydrogen) atoms. The first kappa shape index (κ1) is 10.6. The van der Waals surface area contributed by atoms with Gasteiger partial charge in [0.15, 0.2) is 0 Å². The molecule has 3 nitrogen and oxygen atoms in total. The molecule has 1 amide bonds. The lowest BCUT2D eigenvalue weighted by Gasteiger charge is -2.17. The summed E-state index contributed by atoms with van der Waals surface area (Å²) in [6, 6.07) is 7.76. The van der Waals surface area contributed by atoms with Crippen LogP contribution in [-0.4, -0.2) is 31.0 Å². The van der Waals surface area contributed by atoms with E-state index in [-0.39, 0.29) is 5.91 Å². The number of amides is 1. The van der Waals surface area contributed by atoms with Gasteiger partial charge >= 0.3 is 0 Å². The highest BCUT2D eigenvalue weighted by Gasteiger charge is 2.46. The number of hydrogen-bond donors (Lipinski definition) is 0. The number of piperidine rings is 1. The summed E-state index contributed by atoms with van der Waals surface area (Å²) < 4.78 is 5.16. The van der Waals surface area contributed by atoms with Crippen molar-refractivity contribution in [1.29, 1.82) is 0 Å². The van der Waals surface area contributed by atoms with Gasteiger partial charge in [0.1, 0.15) is 5.75 Å². The van der Waals surface area contributed by atoms with Crippen LogP contribution in [0.3, 0.4) is 0 Å². The SMILES string of the molecule is COc1cccc(CC(=O)N2C[C@H]3C[C@H]3C2)c1. The van der Waals surface area contributed by atoms with Gasteiger partial charge in [0.05, 0.1) is 13.5 Å². The molecule has 2 atom stereocenters. The van der Waals surface area contributed by atoms with Crippen LogP contribution in [0.25, 0.3) is 0 Å². The summed E-state index contributed by atoms with van der Waals surface area (Å²) in [6.07, 6.45) is 1.83. The average molecular weight is 231 g/mol. The van der Waals surface area contributed by atoms with E-state index in [0.717, 1.165) is 36.2 Å². The number of benzene rings is 1. The normalized spacial score (nSPS) is 25.6. The largest absolute Gasteiger partial charge is 0.497 e. The molecular weight excluding hydrogens is 214 g/mol. The van der Waals surface area contributed by atoms with Gasteiger partial charge < -0.3 is 9.64 Å². The van der Waals surface area contributed by atoms with Crippen molar-refractivity contribution < 1.29 is 9.53 Å². The fourth-order valence-electron chi connectivity index (χ4n) is 2.67. The van der Waals surface area contributed by atoms with Crippen LogP contribution >= 0.6 is 0 Å². The molecule has 0 aromatic heterocycles. The zero-order chi connectivity index (χ0) is 11.8. The summed E-state index contributed by atoms with van der Waals surface area (Å²) in [5, 5.41) is 0. The number of carbonyl (C=O) groups excluding carboxylic acids is 1. The predicted molar refractivity (Wildman–Crippen MR) is 64.9 cm³/mol. The Bertz CT molecular complexity index is 434. The van der Waals surface area contributed by atoms with Crippen LogP contribution in [0.5, 0.6) is 5.75 Å². The van der Waals surface area contributed by atoms with Gasteiger partial charge in [-0.25, -0.2) is 0 Å². The fraction of sp³-hybridized carbons (Fsp3) is 0.500. The quantitative estimate of drug-likeness (QED) is 0.792. The number of fused-ring (bicyclic) bond motifs is 1. The summed E-state index contributed by atoms with van der Waals surface area (Å²) in [6.45, 7) is 1.96. The molecule has 2 aliphatic rings. The monoisotopic (exact) mass is 231 g/mol. The molecular formula is C14H17NO2. The number of methoxy groups -OCH3 is 1. The topological polar surface area (TPSA) is 29.5 Å². The van der Waals surface area contributed by atoms with Gasteiger partial charge in [-0.3, -0.25) is 4.79 Å². The lowest BCUT2D eigenvalue weighted by atomic mass is 10.1. The van der Waals surface area contributed by atoms with Crippen molar-refractivity contribution in [2.45, 2.75) is 12.8 Å². The zero-order valence-corrected chi connectivity index (χ0v) is 10.1. The molecule has 2 fully saturated rings. The third-order valence-corrected chi connectivity index (χ3v) is 3.82. The lowest BCUT2D eigenvalue weighted by Crippen LogP contribution is -2.31. The molecule has 0 unspecified atom stereocenters. The van der Waals surface area contributed by atoms with Crippen molar-refractivity contribution in [3.05, 3.63) is 29.8 Å². The number of nitrogens with zero attached hydrogens (tertiary/aromatic N) is 1. The third kappa shape index (κ3) is 2.14. The van der Waals surface area contributed by atoms with Crippen LogP contribution in [0.2, 0.25) is 0 Å². The third-order valence-electron chi connectivity index (χ3n) is 3.82. The van der Waals surface area contributed by atoms with Gasteiger partial charge in [-0.1, -0.05) is 12.1 Å². The molecule has 1 aromatic rings. The van der Waals surface area contributed by atoms with Gasteiger partial charge in [0, 0.05) is 13.1 Å². The van der Waals surface area contributed by atoms with Crippen LogP contribution < -0.4 is 4.74 Å². The summed E-state index contributed by atoms with van der Waals surface area (Å²) in [4.78, 5) is 14.1. The number of likely N-dealkylation sites (tertiary alicyclic amines) is 1. The van der Waals surface area contributed by atoms with Gasteiger partial charge in [-0.2, -0.15) is 0 Å². The standard InChI is InChI=1S/C14H17NO2/c1-17-13-4-2-3-10(5-13)6-14(16)15-8-11-7-12(11)9-15/h2-5,11-12H,6-9H2,1H3/t11-,12+. The van der Waals surface area contributed by atoms with E-state index in [9.17, 15) is 4.79 Å². The summed E-state index contributed by atoms with van der Waals surface area (Å²) in [7, 11) is 1.65. The minimum Gasteiger partial charge on any atom is -0.497 e. The first-order valence-electron chi connectivity index (χ1n) is 6.17. The van der Waals surface area contributed by atoms with Gasteiger partial charge in [0.2, 0.25) is 5.91 Å². The maximum absolute atomic E-state index is 12.1. The van der Waals surface area contributed by atoms with Crippen molar-refractivity contribution in [2.75, 3.05) is 20.2 Å². The average Bonchev–Trinajstić information content (AvgIpc) is 2.96. The van der Waals surface area contributed by atoms with Crippen LogP contribution in [0, 0.1) is 11.8 Å². The Labute approximate surface area is 101 Å². The number of carbonyl (C=O) groups is 1. The second kappa shape index (κ2) is 4.06. The van der Waals surface area contributed by atoms with Crippen LogP contribution in [-0.2, 0) is 11.2 Å². The Morgan fingerprint density at radius 1 is 1.41 bits per heavy atom. The summed E-state index contributed by atoms with van der Waals surface area (Å²) in [5.41, 5.74) is 1.04. The van der Waals surface area contributed by atoms with E-state index in [0.29, 0.717) is 6.42 Å². The number of ether oxygens (including phenoxy) is 1. The van der Waals surface area contributed by atoms with Crippen molar-refractivity contribution in [3.63, 3.8) is 0 Å². The van der Waals surface area contributed by atoms with Crippen molar-refractivity contribution in [1.82, 2.24) is 4.90 Å². The van der Waals surface area contributed by atoms with Crippen LogP contribution in [0.15, 0.2) is 24.3 Å². The molecule has 1 aliphatic carbocycles. The molecule has 3 rings (SSSR count). The highest BCUT2D eigenvalue weighted by molar-refractivity contribution is 5.79. The highest BCUT2D eigenvalue weighted by Crippen LogP contribution is 2.44. The van der Waals surface area contributed by atoms with Crippen LogP contribution in [0.4, 0.5) is 0 Å². The molecule has 90 valence electrons. The second-order valence-electron chi connectivity index (χ2n) is 5.08. The fourth-order valence-corrected chi connectivity index (χ4v) is 2.67. The molecule has 1 heterocycles. The lowest BCUT2D eigenvalue weighted by molar-refractivity contribution is -0.129. The Morgan fingerprint density at radius 2 is 2.18 bits per heavy atom. The van der Waals surface area contributed by atoms with E-state index in [1.807, 2.05) is 29.2 Å². The van der Waals surface area contributed by atoms with Gasteiger partial charge in [-0.15, -0.1) is 0 Å². The minimum atomic E-state index is 0.255. The van der Waals surface area contributed by atoms with Gasteiger partial charge in [-0.05, 0) is 36.0 Å². The van der Waals surface area contributed by atoms with E-state index < -0.39 is 0 Å². The first-order valence-corrected chi connectivity index (χ1v) is 6.17. The highest BCUT2D eigenvalue weighted by atomic mass is 16.5. The smallest absolute Gasteiger partial charge is 0.227 e. The molecule has 0 radical (unpaired) electrons. The summed E-state index contributed by atoms with van der Waals surface area (Å²) >= 11 is 0. The molecule has 3 heteroatoms. The Kier molecular flexibility index (Phi) is 2.54. The molecule has 0 spiro atoms. The van der Waals surface area contributed by atoms with Crippen LogP contribution in [0.1, 0.15) is 12.0 Å². The van der Waals surface area contributed by atoms with E-state index >= 15 is 0 Å². The Morgan fingerprint density at radius 3 is 2.88 bits per heavy atom. The van der Waals surface area contributed by atoms with Gasteiger partial charge in [0.25, 0.3) is 0 Å². The predicted octanol–water partition coefficient (Wildman–Crippen LogP) is 1.72. The second-order valence-corrected chi connectivity index (χ2v) is 5.08. The number of hydrogen-bond acceptors (Lipinski definition) is 2. The Hall–Kier alpha value is -1.51. The molecule has 1 aliphatic heterocycles. The Balaban J connectivity index is 1.63. The van der Waals surface area contributed by atoms with Crippen molar-refractivity contribution >= 4 is 5.91 Å². The van der Waals surface area contributed by atoms with Crippen molar-refractivity contribution in [2.24, 2.45) is 11.8 Å². The maximum atomic E-state index is 12.1. The zero-order valence-electron chi connectivity index (χ0n) is 10.1. The minimum absolute atomic E-state index is 0.255. The molecule has 1 saturated heterocycles. The molecule has 1 saturated carbocycles. The van der Waals surface area contributed by atoms with E-state index in [2.05, 4.69) is 0 Å². The molecule has 1 aromatic carbocycles. The molecule has 0 N–H and O–H groups in total. The molecule has 0 bridgehead atoms. The maximum Gasteiger partial charge on any atom is 0.227 e.